The van der Waals surface area contributed by atoms with E-state index in [1.165, 1.54) is 6.92 Å². The molecule has 0 aromatic rings. The van der Waals surface area contributed by atoms with Crippen LogP contribution in [0.25, 0.3) is 0 Å². The number of hydrogen-bond donors (Lipinski definition) is 4. The first-order valence-electron chi connectivity index (χ1n) is 5.07. The number of aliphatic hydroxyl groups is 1. The zero-order valence-corrected chi connectivity index (χ0v) is 20.1. The van der Waals surface area contributed by atoms with Crippen LogP contribution in [0.15, 0.2) is 12.2 Å². The molecular weight excluding hydrogens is 378 g/mol. The summed E-state index contributed by atoms with van der Waals surface area (Å²) in [6, 6.07) is 0. The molecule has 1 atom stereocenters. The van der Waals surface area contributed by atoms with E-state index < -0.39 is 32.6 Å². The van der Waals surface area contributed by atoms with Crippen LogP contribution in [0, 0.1) is 0 Å². The van der Waals surface area contributed by atoms with Gasteiger partial charge in [-0.2, -0.15) is 0 Å². The molecule has 0 rings (SSSR count). The third-order valence-electron chi connectivity index (χ3n) is 2.27. The summed E-state index contributed by atoms with van der Waals surface area (Å²) in [6.45, 7) is 4.58. The van der Waals surface area contributed by atoms with Gasteiger partial charge >= 0.3 is 110 Å². The molecule has 0 radical (unpaired) electrons. The first kappa shape index (κ1) is 28.5. The van der Waals surface area contributed by atoms with Crippen molar-refractivity contribution in [2.24, 2.45) is 0 Å². The number of carbonyl (C=O) groups excluding carboxylic acids is 1. The minimum atomic E-state index is -5.93. The van der Waals surface area contributed by atoms with Gasteiger partial charge in [0.1, 0.15) is 0 Å². The molecule has 0 aliphatic heterocycles. The molecule has 9 nitrogen and oxygen atoms in total. The van der Waals surface area contributed by atoms with Crippen molar-refractivity contribution in [3.63, 3.8) is 0 Å². The molecule has 0 spiro atoms. The van der Waals surface area contributed by atoms with E-state index in [2.05, 4.69) is 11.9 Å². The van der Waals surface area contributed by atoms with Gasteiger partial charge < -0.3 is 34.6 Å². The molecule has 0 aromatic heterocycles. The zero-order chi connectivity index (χ0) is 15.5. The third kappa shape index (κ3) is 9.13. The summed E-state index contributed by atoms with van der Waals surface area (Å²) in [5.41, 5.74) is 0.184. The smallest absolute Gasteiger partial charge is 0.808 e. The molecular formula is C8H15K2NO8P2. The molecule has 112 valence electrons. The van der Waals surface area contributed by atoms with Gasteiger partial charge in [-0.25, -0.2) is 0 Å². The van der Waals surface area contributed by atoms with Crippen LogP contribution in [0.5, 0.6) is 0 Å². The normalized spacial score (nSPS) is 14.2. The Bertz CT molecular complexity index is 437. The molecule has 0 saturated carbocycles. The summed E-state index contributed by atoms with van der Waals surface area (Å²) in [4.78, 5) is 50.1. The minimum absolute atomic E-state index is 0. The molecule has 0 saturated heterocycles. The van der Waals surface area contributed by atoms with E-state index in [4.69, 9.17) is 9.79 Å². The molecule has 0 aliphatic rings. The molecule has 0 fully saturated rings. The Labute approximate surface area is 207 Å². The van der Waals surface area contributed by atoms with Crippen LogP contribution in [0.1, 0.15) is 19.8 Å². The first-order valence-corrected chi connectivity index (χ1v) is 8.22. The SMILES string of the molecule is C=C(C)C(=O)NCCCC(O)(P(=O)([O-])[O-])P(=O)(O)O.[K+].[K+]. The van der Waals surface area contributed by atoms with Gasteiger partial charge in [0.05, 0.1) is 0 Å². The Morgan fingerprint density at radius 3 is 2.00 bits per heavy atom. The summed E-state index contributed by atoms with van der Waals surface area (Å²) in [5, 5.41) is 7.98. The van der Waals surface area contributed by atoms with Crippen molar-refractivity contribution in [1.29, 1.82) is 0 Å². The zero-order valence-electron chi connectivity index (χ0n) is 12.1. The standard InChI is InChI=1S/C8H17NO8P2.2K/c1-6(2)7(10)9-5-3-4-8(11,18(12,13)14)19(15,16)17;;/h11H,1,3-5H2,2H3,(H,9,10)(H2,12,13,14)(H2,15,16,17);;/q;2*+1/p-2. The quantitative estimate of drug-likeness (QED) is 0.143. The Morgan fingerprint density at radius 1 is 1.29 bits per heavy atom. The summed E-state index contributed by atoms with van der Waals surface area (Å²) < 4.78 is 21.7. The van der Waals surface area contributed by atoms with Gasteiger partial charge in [-0.1, -0.05) is 6.58 Å². The van der Waals surface area contributed by atoms with E-state index >= 15 is 0 Å². The third-order valence-corrected chi connectivity index (χ3v) is 6.04. The summed E-state index contributed by atoms with van der Waals surface area (Å²) >= 11 is 0. The number of rotatable bonds is 7. The molecule has 0 bridgehead atoms. The minimum Gasteiger partial charge on any atom is -0.808 e. The Kier molecular flexibility index (Phi) is 15.5. The maximum absolute atomic E-state index is 11.1. The summed E-state index contributed by atoms with van der Waals surface area (Å²) in [7, 11) is -11.5. The predicted octanol–water partition coefficient (Wildman–Crippen LogP) is -7.80. The second-order valence-electron chi connectivity index (χ2n) is 3.96. The van der Waals surface area contributed by atoms with Crippen LogP contribution >= 0.6 is 15.2 Å². The van der Waals surface area contributed by atoms with Gasteiger partial charge in [-0.15, -0.1) is 0 Å². The van der Waals surface area contributed by atoms with Gasteiger partial charge in [0.25, 0.3) is 0 Å². The fourth-order valence-electron chi connectivity index (χ4n) is 1.12. The van der Waals surface area contributed by atoms with Crippen LogP contribution in [0.3, 0.4) is 0 Å². The number of hydrogen-bond acceptors (Lipinski definition) is 6. The first-order chi connectivity index (χ1) is 8.33. The van der Waals surface area contributed by atoms with E-state index in [9.17, 15) is 28.8 Å². The fraction of sp³-hybridized carbons (Fsp3) is 0.625. The van der Waals surface area contributed by atoms with Crippen molar-refractivity contribution in [3.8, 4) is 0 Å². The van der Waals surface area contributed by atoms with E-state index in [1.807, 2.05) is 0 Å². The molecule has 0 heterocycles. The van der Waals surface area contributed by atoms with E-state index in [-0.39, 0.29) is 121 Å². The van der Waals surface area contributed by atoms with Gasteiger partial charge in [-0.05, 0) is 27.4 Å². The maximum atomic E-state index is 11.1. The van der Waals surface area contributed by atoms with Crippen LogP contribution in [0.4, 0.5) is 0 Å². The molecule has 13 heteroatoms. The van der Waals surface area contributed by atoms with E-state index in [0.29, 0.717) is 0 Å². The molecule has 21 heavy (non-hydrogen) atoms. The van der Waals surface area contributed by atoms with Crippen LogP contribution in [0.2, 0.25) is 0 Å². The van der Waals surface area contributed by atoms with E-state index in [0.717, 1.165) is 0 Å². The molecule has 1 unspecified atom stereocenters. The Balaban J connectivity index is -0.00000162. The topological polar surface area (TPSA) is 170 Å². The maximum Gasteiger partial charge on any atom is 1.00 e. The molecule has 1 amide bonds. The van der Waals surface area contributed by atoms with E-state index in [1.54, 1.807) is 0 Å². The van der Waals surface area contributed by atoms with Gasteiger partial charge in [0.15, 0.2) is 5.08 Å². The van der Waals surface area contributed by atoms with Gasteiger partial charge in [0, 0.05) is 12.1 Å². The summed E-state index contributed by atoms with van der Waals surface area (Å²) in [5.74, 6) is -0.535. The van der Waals surface area contributed by atoms with Crippen molar-refractivity contribution in [3.05, 3.63) is 12.2 Å². The Morgan fingerprint density at radius 2 is 1.71 bits per heavy atom. The largest absolute Gasteiger partial charge is 1.00 e. The molecule has 0 aromatic carbocycles. The fourth-order valence-corrected chi connectivity index (χ4v) is 3.28. The second kappa shape index (κ2) is 11.4. The summed E-state index contributed by atoms with van der Waals surface area (Å²) in [6.07, 6.45) is -1.30. The predicted molar refractivity (Wildman–Crippen MR) is 61.7 cm³/mol. The monoisotopic (exact) mass is 393 g/mol. The number of carbonyl (C=O) groups is 1. The van der Waals surface area contributed by atoms with Crippen LogP contribution in [-0.2, 0) is 13.9 Å². The van der Waals surface area contributed by atoms with Crippen molar-refractivity contribution in [2.75, 3.05) is 6.54 Å². The van der Waals surface area contributed by atoms with Crippen LogP contribution in [-0.4, -0.2) is 32.4 Å². The average Bonchev–Trinajstić information content (AvgIpc) is 2.20. The van der Waals surface area contributed by atoms with Gasteiger partial charge in [0.2, 0.25) is 5.91 Å². The van der Waals surface area contributed by atoms with Crippen molar-refractivity contribution in [2.45, 2.75) is 24.8 Å². The number of amides is 1. The van der Waals surface area contributed by atoms with Crippen molar-refractivity contribution < 1.29 is 141 Å². The Hall–Kier alpha value is 2.74. The van der Waals surface area contributed by atoms with Crippen molar-refractivity contribution >= 4 is 21.1 Å². The number of nitrogens with one attached hydrogen (secondary N) is 1. The van der Waals surface area contributed by atoms with Crippen LogP contribution < -0.4 is 118 Å². The van der Waals surface area contributed by atoms with Gasteiger partial charge in [-0.3, -0.25) is 9.36 Å². The molecule has 0 aliphatic carbocycles. The average molecular weight is 393 g/mol. The molecule has 4 N–H and O–H groups in total. The van der Waals surface area contributed by atoms with Crippen molar-refractivity contribution in [1.82, 2.24) is 5.32 Å². The second-order valence-corrected chi connectivity index (χ2v) is 7.87.